The van der Waals surface area contributed by atoms with E-state index in [0.29, 0.717) is 11.5 Å². The second kappa shape index (κ2) is 5.78. The van der Waals surface area contributed by atoms with Crippen LogP contribution in [0.25, 0.3) is 0 Å². The molecule has 1 aromatic rings. The molecule has 0 aliphatic heterocycles. The number of rotatable bonds is 3. The maximum Gasteiger partial charge on any atom is 0.188 e. The van der Waals surface area contributed by atoms with Gasteiger partial charge >= 0.3 is 0 Å². The predicted molar refractivity (Wildman–Crippen MR) is 70.8 cm³/mol. The van der Waals surface area contributed by atoms with Crippen molar-refractivity contribution in [1.29, 1.82) is 0 Å². The lowest BCUT2D eigenvalue weighted by Crippen LogP contribution is -2.29. The average molecular weight is 251 g/mol. The second-order valence-electron chi connectivity index (χ2n) is 6.48. The van der Waals surface area contributed by atoms with Crippen molar-refractivity contribution in [1.82, 2.24) is 25.9 Å². The van der Waals surface area contributed by atoms with Crippen LogP contribution in [0, 0.1) is 11.3 Å². The van der Waals surface area contributed by atoms with Gasteiger partial charge in [0, 0.05) is 6.04 Å². The Morgan fingerprint density at radius 3 is 2.72 bits per heavy atom. The molecule has 1 heterocycles. The molecule has 5 heteroatoms. The summed E-state index contributed by atoms with van der Waals surface area (Å²) in [5.74, 6) is 1.61. The first-order valence-corrected chi connectivity index (χ1v) is 7.01. The van der Waals surface area contributed by atoms with E-state index in [1.807, 2.05) is 0 Å². The molecule has 0 aromatic carbocycles. The number of aromatic nitrogens is 4. The van der Waals surface area contributed by atoms with Gasteiger partial charge in [0.25, 0.3) is 0 Å². The van der Waals surface area contributed by atoms with E-state index in [1.165, 1.54) is 32.1 Å². The molecule has 1 saturated carbocycles. The molecule has 0 bridgehead atoms. The van der Waals surface area contributed by atoms with Crippen molar-refractivity contribution >= 4 is 0 Å². The molecule has 2 N–H and O–H groups in total. The van der Waals surface area contributed by atoms with E-state index in [4.69, 9.17) is 0 Å². The molecule has 0 amide bonds. The minimum absolute atomic E-state index is 0.447. The first-order chi connectivity index (χ1) is 8.55. The zero-order valence-electron chi connectivity index (χ0n) is 11.7. The molecule has 1 fully saturated rings. The highest BCUT2D eigenvalue weighted by Gasteiger charge is 2.27. The van der Waals surface area contributed by atoms with E-state index in [1.54, 1.807) is 0 Å². The summed E-state index contributed by atoms with van der Waals surface area (Å²) in [6, 6.07) is 0.607. The fraction of sp³-hybridized carbons (Fsp3) is 0.923. The second-order valence-corrected chi connectivity index (χ2v) is 6.48. The Kier molecular flexibility index (Phi) is 4.32. The summed E-state index contributed by atoms with van der Waals surface area (Å²) in [5, 5.41) is 17.5. The van der Waals surface area contributed by atoms with Gasteiger partial charge in [-0.05, 0) is 37.0 Å². The predicted octanol–water partition coefficient (Wildman–Crippen LogP) is 2.28. The van der Waals surface area contributed by atoms with Crippen molar-refractivity contribution < 1.29 is 0 Å². The lowest BCUT2D eigenvalue weighted by atomic mass is 9.76. The van der Waals surface area contributed by atoms with Crippen LogP contribution in [0.15, 0.2) is 0 Å². The van der Waals surface area contributed by atoms with Crippen LogP contribution in [0.2, 0.25) is 0 Å². The number of aromatic amines is 1. The van der Waals surface area contributed by atoms with Gasteiger partial charge in [-0.2, -0.15) is 5.21 Å². The van der Waals surface area contributed by atoms with Crippen LogP contribution in [-0.4, -0.2) is 26.7 Å². The van der Waals surface area contributed by atoms with Gasteiger partial charge in [-0.3, -0.25) is 0 Å². The van der Waals surface area contributed by atoms with Gasteiger partial charge in [-0.25, -0.2) is 0 Å². The molecule has 5 nitrogen and oxygen atoms in total. The first-order valence-electron chi connectivity index (χ1n) is 7.01. The minimum atomic E-state index is 0.447. The molecule has 18 heavy (non-hydrogen) atoms. The molecule has 1 aromatic heterocycles. The Labute approximate surface area is 109 Å². The van der Waals surface area contributed by atoms with E-state index in [2.05, 4.69) is 46.7 Å². The lowest BCUT2D eigenvalue weighted by Gasteiger charge is -2.29. The molecule has 2 atom stereocenters. The summed E-state index contributed by atoms with van der Waals surface area (Å²) in [6.07, 6.45) is 6.55. The first kappa shape index (κ1) is 13.5. The van der Waals surface area contributed by atoms with Crippen molar-refractivity contribution in [3.05, 3.63) is 5.82 Å². The molecule has 0 spiro atoms. The Morgan fingerprint density at radius 1 is 1.22 bits per heavy atom. The van der Waals surface area contributed by atoms with E-state index in [-0.39, 0.29) is 0 Å². The van der Waals surface area contributed by atoms with Gasteiger partial charge in [0.15, 0.2) is 5.82 Å². The SMILES string of the molecule is CC(C)(C)C1CCCC(NCc2nn[nH]n2)CC1. The number of tetrazole rings is 1. The van der Waals surface area contributed by atoms with Crippen LogP contribution in [0.4, 0.5) is 0 Å². The number of H-pyrrole nitrogens is 1. The molecule has 2 rings (SSSR count). The van der Waals surface area contributed by atoms with Gasteiger partial charge in [0.2, 0.25) is 0 Å². The Bertz CT molecular complexity index is 341. The Morgan fingerprint density at radius 2 is 2.06 bits per heavy atom. The number of nitrogens with zero attached hydrogens (tertiary/aromatic N) is 3. The van der Waals surface area contributed by atoms with Crippen LogP contribution < -0.4 is 5.32 Å². The number of hydrogen-bond donors (Lipinski definition) is 2. The molecule has 1 aliphatic rings. The number of hydrogen-bond acceptors (Lipinski definition) is 4. The lowest BCUT2D eigenvalue weighted by molar-refractivity contribution is 0.213. The topological polar surface area (TPSA) is 66.5 Å². The van der Waals surface area contributed by atoms with Crippen LogP contribution >= 0.6 is 0 Å². The number of nitrogens with one attached hydrogen (secondary N) is 2. The Hall–Kier alpha value is -0.970. The summed E-state index contributed by atoms with van der Waals surface area (Å²) >= 11 is 0. The minimum Gasteiger partial charge on any atom is -0.307 e. The van der Waals surface area contributed by atoms with Crippen LogP contribution in [-0.2, 0) is 6.54 Å². The van der Waals surface area contributed by atoms with E-state index in [0.717, 1.165) is 18.3 Å². The summed E-state index contributed by atoms with van der Waals surface area (Å²) in [4.78, 5) is 0. The molecule has 0 saturated heterocycles. The maximum atomic E-state index is 3.97. The van der Waals surface area contributed by atoms with Gasteiger partial charge < -0.3 is 5.32 Å². The van der Waals surface area contributed by atoms with Crippen molar-refractivity contribution in [2.75, 3.05) is 0 Å². The summed E-state index contributed by atoms with van der Waals surface area (Å²) in [6.45, 7) is 7.82. The quantitative estimate of drug-likeness (QED) is 0.809. The largest absolute Gasteiger partial charge is 0.307 e. The smallest absolute Gasteiger partial charge is 0.188 e. The third-order valence-corrected chi connectivity index (χ3v) is 4.13. The van der Waals surface area contributed by atoms with Crippen molar-refractivity contribution in [2.45, 2.75) is 65.5 Å². The summed E-state index contributed by atoms with van der Waals surface area (Å²) in [5.41, 5.74) is 0.447. The summed E-state index contributed by atoms with van der Waals surface area (Å²) in [7, 11) is 0. The van der Waals surface area contributed by atoms with Crippen molar-refractivity contribution in [2.24, 2.45) is 11.3 Å². The van der Waals surface area contributed by atoms with Crippen LogP contribution in [0.3, 0.4) is 0 Å². The Balaban J connectivity index is 1.78. The highest BCUT2D eigenvalue weighted by molar-refractivity contribution is 4.83. The third kappa shape index (κ3) is 3.77. The van der Waals surface area contributed by atoms with E-state index in [9.17, 15) is 0 Å². The molecular formula is C13H25N5. The molecule has 102 valence electrons. The van der Waals surface area contributed by atoms with Gasteiger partial charge in [-0.15, -0.1) is 10.2 Å². The average Bonchev–Trinajstić information content (AvgIpc) is 2.69. The zero-order chi connectivity index (χ0) is 13.0. The fourth-order valence-corrected chi connectivity index (χ4v) is 2.86. The fourth-order valence-electron chi connectivity index (χ4n) is 2.86. The normalized spacial score (nSPS) is 25.9. The molecule has 1 aliphatic carbocycles. The van der Waals surface area contributed by atoms with Crippen molar-refractivity contribution in [3.8, 4) is 0 Å². The standard InChI is InChI=1S/C13H25N5/c1-13(2,3)10-5-4-6-11(8-7-10)14-9-12-15-17-18-16-12/h10-11,14H,4-9H2,1-3H3,(H,15,16,17,18). The van der Waals surface area contributed by atoms with Gasteiger partial charge in [-0.1, -0.05) is 32.4 Å². The third-order valence-electron chi connectivity index (χ3n) is 4.13. The van der Waals surface area contributed by atoms with Crippen molar-refractivity contribution in [3.63, 3.8) is 0 Å². The van der Waals surface area contributed by atoms with Crippen LogP contribution in [0.1, 0.15) is 58.7 Å². The van der Waals surface area contributed by atoms with E-state index >= 15 is 0 Å². The molecular weight excluding hydrogens is 226 g/mol. The molecule has 2 unspecified atom stereocenters. The molecule has 0 radical (unpaired) electrons. The maximum absolute atomic E-state index is 3.97. The highest BCUT2D eigenvalue weighted by Crippen LogP contribution is 2.36. The van der Waals surface area contributed by atoms with E-state index < -0.39 is 0 Å². The highest BCUT2D eigenvalue weighted by atomic mass is 15.5. The zero-order valence-corrected chi connectivity index (χ0v) is 11.7. The van der Waals surface area contributed by atoms with Gasteiger partial charge in [0.1, 0.15) is 0 Å². The summed E-state index contributed by atoms with van der Waals surface area (Å²) < 4.78 is 0. The van der Waals surface area contributed by atoms with Gasteiger partial charge in [0.05, 0.1) is 6.54 Å². The monoisotopic (exact) mass is 251 g/mol. The van der Waals surface area contributed by atoms with Crippen LogP contribution in [0.5, 0.6) is 0 Å².